The molecule has 0 aliphatic rings. The topological polar surface area (TPSA) is 75.6 Å². The lowest BCUT2D eigenvalue weighted by atomic mass is 10.1. The third-order valence-electron chi connectivity index (χ3n) is 4.15. The maximum absolute atomic E-state index is 14.0. The van der Waals surface area contributed by atoms with Crippen LogP contribution in [0.25, 0.3) is 10.8 Å². The smallest absolute Gasteiger partial charge is 0.275 e. The molecule has 4 rings (SSSR count). The molecule has 136 valence electrons. The van der Waals surface area contributed by atoms with E-state index < -0.39 is 17.2 Å². The van der Waals surface area contributed by atoms with Crippen LogP contribution < -0.4 is 10.9 Å². The number of fused-ring (bicyclic) bond motifs is 1. The fraction of sp³-hybridized carbons (Fsp3) is 0.105. The number of nitrogens with one attached hydrogen (secondary N) is 2. The van der Waals surface area contributed by atoms with Crippen molar-refractivity contribution in [1.29, 1.82) is 0 Å². The van der Waals surface area contributed by atoms with Gasteiger partial charge in [-0.15, -0.1) is 0 Å². The molecule has 0 aliphatic carbocycles. The molecule has 6 nitrogen and oxygen atoms in total. The van der Waals surface area contributed by atoms with Gasteiger partial charge >= 0.3 is 0 Å². The lowest BCUT2D eigenvalue weighted by Gasteiger charge is -2.12. The summed E-state index contributed by atoms with van der Waals surface area (Å²) >= 11 is 0. The molecule has 0 fully saturated rings. The highest BCUT2D eigenvalue weighted by Gasteiger charge is 2.13. The molecule has 2 N–H and O–H groups in total. The van der Waals surface area contributed by atoms with E-state index in [-0.39, 0.29) is 12.1 Å². The van der Waals surface area contributed by atoms with Gasteiger partial charge in [0.05, 0.1) is 11.9 Å². The number of nitrogens with zero attached hydrogens (tertiary/aromatic N) is 3. The Morgan fingerprint density at radius 2 is 1.89 bits per heavy atom. The molecule has 0 radical (unpaired) electrons. The first kappa shape index (κ1) is 16.9. The van der Waals surface area contributed by atoms with Crippen molar-refractivity contribution in [3.05, 3.63) is 81.8 Å². The van der Waals surface area contributed by atoms with Crippen molar-refractivity contribution >= 4 is 22.4 Å². The van der Waals surface area contributed by atoms with Crippen molar-refractivity contribution in [1.82, 2.24) is 20.0 Å². The molecular weight excluding hydrogens is 352 g/mol. The molecule has 0 saturated heterocycles. The van der Waals surface area contributed by atoms with E-state index in [4.69, 9.17) is 0 Å². The van der Waals surface area contributed by atoms with Crippen LogP contribution in [0.3, 0.4) is 0 Å². The molecule has 4 aromatic rings. The molecule has 8 heteroatoms. The molecule has 0 unspecified atom stereocenters. The molecule has 2 aromatic heterocycles. The zero-order valence-electron chi connectivity index (χ0n) is 14.3. The summed E-state index contributed by atoms with van der Waals surface area (Å²) in [6, 6.07) is 11.9. The predicted octanol–water partition coefficient (Wildman–Crippen LogP) is 3.50. The lowest BCUT2D eigenvalue weighted by molar-refractivity contribution is 0.560. The van der Waals surface area contributed by atoms with Crippen molar-refractivity contribution in [2.24, 2.45) is 0 Å². The number of H-pyrrole nitrogens is 1. The van der Waals surface area contributed by atoms with Crippen molar-refractivity contribution < 1.29 is 8.78 Å². The Labute approximate surface area is 152 Å². The molecule has 0 aliphatic heterocycles. The van der Waals surface area contributed by atoms with Gasteiger partial charge in [0.25, 0.3) is 5.56 Å². The van der Waals surface area contributed by atoms with Crippen LogP contribution in [-0.2, 0) is 6.54 Å². The third kappa shape index (κ3) is 3.29. The standard InChI is InChI=1S/C19H15F2N5O/c1-11-8-17(24-23-11)22-18-14-4-2-3-5-15(14)19(27)26(25-18)10-12-9-13(20)6-7-16(12)21/h2-9H,10H2,1H3,(H2,22,23,24,25). The number of aromatic nitrogens is 4. The molecule has 2 heterocycles. The summed E-state index contributed by atoms with van der Waals surface area (Å²) in [6.45, 7) is 1.67. The van der Waals surface area contributed by atoms with Crippen LogP contribution in [0.4, 0.5) is 20.4 Å². The van der Waals surface area contributed by atoms with Gasteiger partial charge < -0.3 is 5.32 Å². The van der Waals surface area contributed by atoms with Crippen molar-refractivity contribution in [3.8, 4) is 0 Å². The van der Waals surface area contributed by atoms with Crippen LogP contribution in [0.15, 0.2) is 53.3 Å². The minimum absolute atomic E-state index is 0.0430. The first-order valence-electron chi connectivity index (χ1n) is 8.24. The summed E-state index contributed by atoms with van der Waals surface area (Å²) in [5.41, 5.74) is 0.511. The quantitative estimate of drug-likeness (QED) is 0.579. The number of hydrogen-bond acceptors (Lipinski definition) is 4. The van der Waals surface area contributed by atoms with Crippen LogP contribution in [0.5, 0.6) is 0 Å². The van der Waals surface area contributed by atoms with Crippen LogP contribution in [0.2, 0.25) is 0 Å². The van der Waals surface area contributed by atoms with Gasteiger partial charge in [-0.2, -0.15) is 10.2 Å². The molecule has 0 bridgehead atoms. The Morgan fingerprint density at radius 1 is 1.11 bits per heavy atom. The first-order valence-corrected chi connectivity index (χ1v) is 8.24. The van der Waals surface area contributed by atoms with Crippen LogP contribution in [0.1, 0.15) is 11.3 Å². The second kappa shape index (κ2) is 6.64. The molecule has 0 amide bonds. The highest BCUT2D eigenvalue weighted by molar-refractivity contribution is 5.92. The fourth-order valence-electron chi connectivity index (χ4n) is 2.86. The van der Waals surface area contributed by atoms with Gasteiger partial charge in [-0.05, 0) is 31.2 Å². The summed E-state index contributed by atoms with van der Waals surface area (Å²) in [4.78, 5) is 12.8. The Bertz CT molecular complexity index is 1200. The molecule has 0 atom stereocenters. The fourth-order valence-corrected chi connectivity index (χ4v) is 2.86. The molecule has 2 aromatic carbocycles. The summed E-state index contributed by atoms with van der Waals surface area (Å²) < 4.78 is 28.6. The van der Waals surface area contributed by atoms with Crippen LogP contribution >= 0.6 is 0 Å². The SMILES string of the molecule is Cc1cc(Nc2nn(Cc3cc(F)ccc3F)c(=O)c3ccccc23)n[nH]1. The summed E-state index contributed by atoms with van der Waals surface area (Å²) in [5, 5.41) is 15.3. The second-order valence-electron chi connectivity index (χ2n) is 6.15. The van der Waals surface area contributed by atoms with Gasteiger partial charge in [-0.3, -0.25) is 9.89 Å². The molecular formula is C19H15F2N5O. The largest absolute Gasteiger partial charge is 0.321 e. The average molecular weight is 367 g/mol. The zero-order chi connectivity index (χ0) is 19.0. The second-order valence-corrected chi connectivity index (χ2v) is 6.15. The maximum atomic E-state index is 14.0. The van der Waals surface area contributed by atoms with E-state index in [9.17, 15) is 13.6 Å². The Balaban J connectivity index is 1.84. The van der Waals surface area contributed by atoms with E-state index in [2.05, 4.69) is 20.6 Å². The van der Waals surface area contributed by atoms with Gasteiger partial charge in [0.2, 0.25) is 0 Å². The Kier molecular flexibility index (Phi) is 4.15. The maximum Gasteiger partial charge on any atom is 0.275 e. The van der Waals surface area contributed by atoms with Crippen LogP contribution in [-0.4, -0.2) is 20.0 Å². The summed E-state index contributed by atoms with van der Waals surface area (Å²) in [6.07, 6.45) is 0. The number of halogens is 2. The Hall–Kier alpha value is -3.55. The number of hydrogen-bond donors (Lipinski definition) is 2. The van der Waals surface area contributed by atoms with Gasteiger partial charge in [-0.25, -0.2) is 13.5 Å². The van der Waals surface area contributed by atoms with E-state index in [1.807, 2.05) is 6.92 Å². The minimum Gasteiger partial charge on any atom is -0.321 e. The van der Waals surface area contributed by atoms with E-state index >= 15 is 0 Å². The Morgan fingerprint density at radius 3 is 2.63 bits per heavy atom. The number of benzene rings is 2. The first-order chi connectivity index (χ1) is 13.0. The normalized spacial score (nSPS) is 11.1. The number of anilines is 2. The van der Waals surface area contributed by atoms with E-state index in [0.717, 1.165) is 28.6 Å². The van der Waals surface area contributed by atoms with Gasteiger partial charge in [0, 0.05) is 22.7 Å². The monoisotopic (exact) mass is 367 g/mol. The van der Waals surface area contributed by atoms with Gasteiger partial charge in [-0.1, -0.05) is 18.2 Å². The third-order valence-corrected chi connectivity index (χ3v) is 4.15. The summed E-state index contributed by atoms with van der Waals surface area (Å²) in [7, 11) is 0. The van der Waals surface area contributed by atoms with Crippen molar-refractivity contribution in [2.75, 3.05) is 5.32 Å². The van der Waals surface area contributed by atoms with Crippen molar-refractivity contribution in [3.63, 3.8) is 0 Å². The van der Waals surface area contributed by atoms with E-state index in [1.54, 1.807) is 30.3 Å². The molecule has 0 saturated carbocycles. The summed E-state index contributed by atoms with van der Waals surface area (Å²) in [5.74, 6) is -0.248. The number of aryl methyl sites for hydroxylation is 1. The predicted molar refractivity (Wildman–Crippen MR) is 98.1 cm³/mol. The van der Waals surface area contributed by atoms with E-state index in [1.165, 1.54) is 0 Å². The average Bonchev–Trinajstić information content (AvgIpc) is 3.07. The lowest BCUT2D eigenvalue weighted by Crippen LogP contribution is -2.25. The highest BCUT2D eigenvalue weighted by Crippen LogP contribution is 2.22. The van der Waals surface area contributed by atoms with Gasteiger partial charge in [0.1, 0.15) is 11.6 Å². The molecule has 0 spiro atoms. The van der Waals surface area contributed by atoms with Crippen LogP contribution in [0, 0.1) is 18.6 Å². The van der Waals surface area contributed by atoms with Gasteiger partial charge in [0.15, 0.2) is 11.6 Å². The zero-order valence-corrected chi connectivity index (χ0v) is 14.3. The number of aromatic amines is 1. The van der Waals surface area contributed by atoms with Crippen molar-refractivity contribution in [2.45, 2.75) is 13.5 Å². The molecule has 27 heavy (non-hydrogen) atoms. The highest BCUT2D eigenvalue weighted by atomic mass is 19.1. The number of rotatable bonds is 4. The van der Waals surface area contributed by atoms with E-state index in [0.29, 0.717) is 22.4 Å². The minimum atomic E-state index is -0.601.